The van der Waals surface area contributed by atoms with E-state index < -0.39 is 0 Å². The average molecular weight is 221 g/mol. The highest BCUT2D eigenvalue weighted by atomic mass is 14.9. The molecule has 0 bridgehead atoms. The Morgan fingerprint density at radius 1 is 1.19 bits per heavy atom. The molecule has 1 unspecified atom stereocenters. The van der Waals surface area contributed by atoms with Crippen LogP contribution in [0.4, 0.5) is 5.69 Å². The van der Waals surface area contributed by atoms with Gasteiger partial charge in [0.1, 0.15) is 0 Å². The maximum absolute atomic E-state index is 5.82. The molecule has 0 spiro atoms. The van der Waals surface area contributed by atoms with E-state index in [0.717, 1.165) is 19.4 Å². The van der Waals surface area contributed by atoms with Crippen LogP contribution in [0.3, 0.4) is 0 Å². The molecular weight excluding hydrogens is 198 g/mol. The van der Waals surface area contributed by atoms with Crippen molar-refractivity contribution in [3.8, 4) is 0 Å². The van der Waals surface area contributed by atoms with E-state index in [1.54, 1.807) is 0 Å². The second kappa shape index (κ2) is 6.51. The van der Waals surface area contributed by atoms with Gasteiger partial charge in [-0.15, -0.1) is 0 Å². The molecule has 16 heavy (non-hydrogen) atoms. The zero-order valence-electron chi connectivity index (χ0n) is 10.3. The Labute approximate surface area is 98.2 Å². The molecule has 1 rings (SSSR count). The third-order valence-corrected chi connectivity index (χ3v) is 2.84. The second-order valence-electron chi connectivity index (χ2n) is 4.04. The zero-order valence-corrected chi connectivity index (χ0v) is 10.3. The number of hydrogen-bond acceptors (Lipinski definition) is 3. The van der Waals surface area contributed by atoms with E-state index in [1.807, 2.05) is 0 Å². The molecule has 0 aromatic heterocycles. The quantitative estimate of drug-likeness (QED) is 0.682. The Kier molecular flexibility index (Phi) is 5.29. The van der Waals surface area contributed by atoms with E-state index in [4.69, 9.17) is 11.5 Å². The van der Waals surface area contributed by atoms with Crippen LogP contribution in [0.25, 0.3) is 0 Å². The molecule has 0 saturated heterocycles. The smallest absolute Gasteiger partial charge is 0.0405 e. The lowest BCUT2D eigenvalue weighted by atomic mass is 10.0. The number of rotatable bonds is 6. The van der Waals surface area contributed by atoms with E-state index in [-0.39, 0.29) is 6.04 Å². The summed E-state index contributed by atoms with van der Waals surface area (Å²) in [6.07, 6.45) is 2.07. The van der Waals surface area contributed by atoms with Crippen LogP contribution in [0, 0.1) is 0 Å². The minimum absolute atomic E-state index is 0.0228. The molecular formula is C13H23N3. The SMILES string of the molecule is CCc1cccc(CC)c1NCC(N)CN. The highest BCUT2D eigenvalue weighted by molar-refractivity contribution is 5.58. The number of nitrogens with one attached hydrogen (secondary N) is 1. The monoisotopic (exact) mass is 221 g/mol. The van der Waals surface area contributed by atoms with Crippen LogP contribution >= 0.6 is 0 Å². The van der Waals surface area contributed by atoms with Gasteiger partial charge in [-0.05, 0) is 24.0 Å². The first-order valence-electron chi connectivity index (χ1n) is 6.03. The first-order chi connectivity index (χ1) is 7.72. The van der Waals surface area contributed by atoms with Crippen molar-refractivity contribution in [1.82, 2.24) is 0 Å². The van der Waals surface area contributed by atoms with Crippen molar-refractivity contribution in [2.24, 2.45) is 11.5 Å². The van der Waals surface area contributed by atoms with E-state index >= 15 is 0 Å². The Hall–Kier alpha value is -1.06. The van der Waals surface area contributed by atoms with Gasteiger partial charge in [-0.3, -0.25) is 0 Å². The van der Waals surface area contributed by atoms with Crippen molar-refractivity contribution in [3.05, 3.63) is 29.3 Å². The molecule has 0 aliphatic carbocycles. The summed E-state index contributed by atoms with van der Waals surface area (Å²) in [5, 5.41) is 3.43. The number of nitrogens with two attached hydrogens (primary N) is 2. The average Bonchev–Trinajstić information content (AvgIpc) is 2.35. The summed E-state index contributed by atoms with van der Waals surface area (Å²) in [5.41, 5.74) is 15.3. The molecule has 0 radical (unpaired) electrons. The third-order valence-electron chi connectivity index (χ3n) is 2.84. The molecule has 1 aromatic rings. The fraction of sp³-hybridized carbons (Fsp3) is 0.538. The van der Waals surface area contributed by atoms with Crippen molar-refractivity contribution in [1.29, 1.82) is 0 Å². The normalized spacial score (nSPS) is 12.5. The number of hydrogen-bond donors (Lipinski definition) is 3. The van der Waals surface area contributed by atoms with Crippen molar-refractivity contribution in [3.63, 3.8) is 0 Å². The summed E-state index contributed by atoms with van der Waals surface area (Å²) in [4.78, 5) is 0. The molecule has 0 aliphatic rings. The van der Waals surface area contributed by atoms with Gasteiger partial charge in [-0.2, -0.15) is 0 Å². The van der Waals surface area contributed by atoms with Crippen molar-refractivity contribution in [2.45, 2.75) is 32.7 Å². The van der Waals surface area contributed by atoms with Crippen LogP contribution in [0.15, 0.2) is 18.2 Å². The molecule has 1 atom stereocenters. The summed E-state index contributed by atoms with van der Waals surface area (Å²) in [6.45, 7) is 5.59. The largest absolute Gasteiger partial charge is 0.383 e. The molecule has 0 amide bonds. The van der Waals surface area contributed by atoms with Gasteiger partial charge in [0.15, 0.2) is 0 Å². The maximum atomic E-state index is 5.82. The topological polar surface area (TPSA) is 64.1 Å². The van der Waals surface area contributed by atoms with Gasteiger partial charge < -0.3 is 16.8 Å². The van der Waals surface area contributed by atoms with Crippen molar-refractivity contribution >= 4 is 5.69 Å². The molecule has 3 nitrogen and oxygen atoms in total. The van der Waals surface area contributed by atoms with Crippen molar-refractivity contribution in [2.75, 3.05) is 18.4 Å². The van der Waals surface area contributed by atoms with Crippen LogP contribution in [0.5, 0.6) is 0 Å². The molecule has 3 heteroatoms. The fourth-order valence-corrected chi connectivity index (χ4v) is 1.79. The maximum Gasteiger partial charge on any atom is 0.0405 e. The van der Waals surface area contributed by atoms with E-state index in [2.05, 4.69) is 37.4 Å². The highest BCUT2D eigenvalue weighted by Crippen LogP contribution is 2.22. The lowest BCUT2D eigenvalue weighted by molar-refractivity contribution is 0.712. The van der Waals surface area contributed by atoms with Gasteiger partial charge in [0.05, 0.1) is 0 Å². The molecule has 0 saturated carbocycles. The van der Waals surface area contributed by atoms with Gasteiger partial charge >= 0.3 is 0 Å². The van der Waals surface area contributed by atoms with Crippen LogP contribution in [0.1, 0.15) is 25.0 Å². The Morgan fingerprint density at radius 2 is 1.75 bits per heavy atom. The second-order valence-corrected chi connectivity index (χ2v) is 4.04. The number of aryl methyl sites for hydroxylation is 2. The van der Waals surface area contributed by atoms with Gasteiger partial charge in [0.2, 0.25) is 0 Å². The molecule has 0 heterocycles. The standard InChI is InChI=1S/C13H23N3/c1-3-10-6-5-7-11(4-2)13(10)16-9-12(15)8-14/h5-7,12,16H,3-4,8-9,14-15H2,1-2H3. The Bertz CT molecular complexity index is 301. The lowest BCUT2D eigenvalue weighted by Gasteiger charge is -2.17. The Balaban J connectivity index is 2.82. The van der Waals surface area contributed by atoms with Crippen LogP contribution in [-0.2, 0) is 12.8 Å². The minimum Gasteiger partial charge on any atom is -0.383 e. The van der Waals surface area contributed by atoms with Crippen LogP contribution in [0.2, 0.25) is 0 Å². The number of para-hydroxylation sites is 1. The van der Waals surface area contributed by atoms with Crippen LogP contribution < -0.4 is 16.8 Å². The third kappa shape index (κ3) is 3.22. The van der Waals surface area contributed by atoms with Gasteiger partial charge in [0, 0.05) is 24.8 Å². The van der Waals surface area contributed by atoms with E-state index in [9.17, 15) is 0 Å². The Morgan fingerprint density at radius 3 is 2.19 bits per heavy atom. The summed E-state index contributed by atoms with van der Waals surface area (Å²) in [5.74, 6) is 0. The number of anilines is 1. The van der Waals surface area contributed by atoms with Crippen molar-refractivity contribution < 1.29 is 0 Å². The minimum atomic E-state index is 0.0228. The summed E-state index contributed by atoms with van der Waals surface area (Å²) in [7, 11) is 0. The number of benzene rings is 1. The predicted molar refractivity (Wildman–Crippen MR) is 70.7 cm³/mol. The van der Waals surface area contributed by atoms with Gasteiger partial charge in [-0.25, -0.2) is 0 Å². The molecule has 0 fully saturated rings. The molecule has 90 valence electrons. The van der Waals surface area contributed by atoms with Gasteiger partial charge in [0.25, 0.3) is 0 Å². The van der Waals surface area contributed by atoms with E-state index in [0.29, 0.717) is 6.54 Å². The lowest BCUT2D eigenvalue weighted by Crippen LogP contribution is -2.36. The predicted octanol–water partition coefficient (Wildman–Crippen LogP) is 1.51. The summed E-state index contributed by atoms with van der Waals surface area (Å²) >= 11 is 0. The summed E-state index contributed by atoms with van der Waals surface area (Å²) < 4.78 is 0. The molecule has 0 aliphatic heterocycles. The first-order valence-corrected chi connectivity index (χ1v) is 6.03. The first kappa shape index (κ1) is 13.0. The summed E-state index contributed by atoms with van der Waals surface area (Å²) in [6, 6.07) is 6.46. The zero-order chi connectivity index (χ0) is 12.0. The molecule has 1 aromatic carbocycles. The highest BCUT2D eigenvalue weighted by Gasteiger charge is 2.06. The molecule has 5 N–H and O–H groups in total. The van der Waals surface area contributed by atoms with Gasteiger partial charge in [-0.1, -0.05) is 32.0 Å². The van der Waals surface area contributed by atoms with Crippen LogP contribution in [-0.4, -0.2) is 19.1 Å². The van der Waals surface area contributed by atoms with E-state index in [1.165, 1.54) is 16.8 Å². The fourth-order valence-electron chi connectivity index (χ4n) is 1.79.